The van der Waals surface area contributed by atoms with Crippen molar-refractivity contribution in [1.82, 2.24) is 0 Å². The van der Waals surface area contributed by atoms with Gasteiger partial charge >= 0.3 is 5.97 Å². The van der Waals surface area contributed by atoms with Crippen LogP contribution in [0.15, 0.2) is 0 Å². The van der Waals surface area contributed by atoms with Gasteiger partial charge in [-0.3, -0.25) is 4.79 Å². The number of halogens is 1. The molecule has 2 fully saturated rings. The molecule has 4 nitrogen and oxygen atoms in total. The second-order valence-electron chi connectivity index (χ2n) is 3.70. The molecule has 0 amide bonds. The van der Waals surface area contributed by atoms with Gasteiger partial charge in [0.2, 0.25) is 0 Å². The van der Waals surface area contributed by atoms with Crippen LogP contribution in [-0.2, 0) is 19.0 Å². The largest absolute Gasteiger partial charge is 0.456 e. The fourth-order valence-electron chi connectivity index (χ4n) is 2.20. The van der Waals surface area contributed by atoms with Crippen molar-refractivity contribution >= 4 is 28.6 Å². The van der Waals surface area contributed by atoms with Crippen molar-refractivity contribution in [2.24, 2.45) is 11.8 Å². The fraction of sp³-hybridized carbons (Fsp3) is 0.889. The van der Waals surface area contributed by atoms with Crippen LogP contribution in [0.5, 0.6) is 0 Å². The summed E-state index contributed by atoms with van der Waals surface area (Å²) in [5.74, 6) is -0.0375. The Labute approximate surface area is 96.4 Å². The molecule has 0 aromatic rings. The van der Waals surface area contributed by atoms with E-state index < -0.39 is 0 Å². The quantitative estimate of drug-likeness (QED) is 0.433. The highest BCUT2D eigenvalue weighted by Gasteiger charge is 2.55. The highest BCUT2D eigenvalue weighted by Crippen LogP contribution is 2.41. The normalized spacial score (nSPS) is 46.5. The van der Waals surface area contributed by atoms with Crippen molar-refractivity contribution in [2.45, 2.75) is 25.4 Å². The van der Waals surface area contributed by atoms with Crippen molar-refractivity contribution in [3.05, 3.63) is 0 Å². The van der Waals surface area contributed by atoms with Gasteiger partial charge in [0.05, 0.1) is 12.0 Å². The Bertz CT molecular complexity index is 245. The second kappa shape index (κ2) is 3.94. The van der Waals surface area contributed by atoms with Gasteiger partial charge in [-0.05, 0) is 0 Å². The van der Waals surface area contributed by atoms with Crippen molar-refractivity contribution in [1.29, 1.82) is 0 Å². The zero-order valence-corrected chi connectivity index (χ0v) is 10.3. The monoisotopic (exact) mass is 312 g/mol. The van der Waals surface area contributed by atoms with Crippen LogP contribution in [-0.4, -0.2) is 36.0 Å². The number of alkyl halides is 1. The van der Waals surface area contributed by atoms with E-state index in [1.165, 1.54) is 0 Å². The summed E-state index contributed by atoms with van der Waals surface area (Å²) < 4.78 is 16.9. The first-order valence-corrected chi connectivity index (χ1v) is 6.16. The first-order chi connectivity index (χ1) is 6.69. The number of fused-ring (bicyclic) bond motifs is 1. The van der Waals surface area contributed by atoms with E-state index in [0.717, 1.165) is 4.43 Å². The molecule has 2 heterocycles. The summed E-state index contributed by atoms with van der Waals surface area (Å²) in [6, 6.07) is 0. The molecule has 2 aliphatic heterocycles. The van der Waals surface area contributed by atoms with Gasteiger partial charge in [-0.2, -0.15) is 0 Å². The Balaban J connectivity index is 2.19. The van der Waals surface area contributed by atoms with E-state index in [4.69, 9.17) is 14.2 Å². The van der Waals surface area contributed by atoms with Crippen LogP contribution in [0.4, 0.5) is 0 Å². The van der Waals surface area contributed by atoms with Crippen molar-refractivity contribution < 1.29 is 19.0 Å². The molecule has 5 atom stereocenters. The van der Waals surface area contributed by atoms with Gasteiger partial charge in [0.25, 0.3) is 0 Å². The van der Waals surface area contributed by atoms with Crippen LogP contribution in [0.2, 0.25) is 0 Å². The van der Waals surface area contributed by atoms with Gasteiger partial charge in [0.15, 0.2) is 12.4 Å². The number of esters is 1. The molecule has 14 heavy (non-hydrogen) atoms. The third-order valence-electron chi connectivity index (χ3n) is 2.97. The van der Waals surface area contributed by atoms with Crippen LogP contribution < -0.4 is 0 Å². The predicted octanol–water partition coefficient (Wildman–Crippen LogP) is 0.970. The Morgan fingerprint density at radius 1 is 1.57 bits per heavy atom. The molecule has 80 valence electrons. The number of ether oxygens (including phenoxy) is 3. The zero-order chi connectivity index (χ0) is 10.3. The average molecular weight is 312 g/mol. The lowest BCUT2D eigenvalue weighted by molar-refractivity contribution is -0.173. The Morgan fingerprint density at radius 2 is 2.29 bits per heavy atom. The van der Waals surface area contributed by atoms with Crippen molar-refractivity contribution in [3.63, 3.8) is 0 Å². The summed E-state index contributed by atoms with van der Waals surface area (Å²) in [6.07, 6.45) is -0.511. The first kappa shape index (κ1) is 10.6. The number of carbonyl (C=O) groups is 1. The maximum Gasteiger partial charge on any atom is 0.309 e. The SMILES string of the molecule is CO[C@H]1O[C@@H](CI)[C@@H]2[C@H]1OC(=O)[C@H]2C. The summed E-state index contributed by atoms with van der Waals surface area (Å²) in [5.41, 5.74) is 0. The van der Waals surface area contributed by atoms with Crippen LogP contribution in [0.25, 0.3) is 0 Å². The number of carbonyl (C=O) groups excluding carboxylic acids is 1. The summed E-state index contributed by atoms with van der Waals surface area (Å²) >= 11 is 2.26. The zero-order valence-electron chi connectivity index (χ0n) is 8.10. The van der Waals surface area contributed by atoms with Crippen LogP contribution in [0.3, 0.4) is 0 Å². The highest BCUT2D eigenvalue weighted by molar-refractivity contribution is 14.1. The number of methoxy groups -OCH3 is 1. The fourth-order valence-corrected chi connectivity index (χ4v) is 3.00. The highest BCUT2D eigenvalue weighted by atomic mass is 127. The van der Waals surface area contributed by atoms with E-state index in [1.807, 2.05) is 6.92 Å². The lowest BCUT2D eigenvalue weighted by Gasteiger charge is -2.15. The lowest BCUT2D eigenvalue weighted by Crippen LogP contribution is -2.27. The third kappa shape index (κ3) is 1.45. The van der Waals surface area contributed by atoms with Crippen LogP contribution in [0.1, 0.15) is 6.92 Å². The second-order valence-corrected chi connectivity index (χ2v) is 4.58. The van der Waals surface area contributed by atoms with Gasteiger partial charge in [0, 0.05) is 17.5 Å². The van der Waals surface area contributed by atoms with Gasteiger partial charge < -0.3 is 14.2 Å². The minimum Gasteiger partial charge on any atom is -0.456 e. The summed E-state index contributed by atoms with van der Waals surface area (Å²) in [6.45, 7) is 1.90. The van der Waals surface area contributed by atoms with Crippen molar-refractivity contribution in [3.8, 4) is 0 Å². The number of hydrogen-bond donors (Lipinski definition) is 0. The van der Waals surface area contributed by atoms with Crippen molar-refractivity contribution in [2.75, 3.05) is 11.5 Å². The van der Waals surface area contributed by atoms with E-state index in [1.54, 1.807) is 7.11 Å². The summed E-state index contributed by atoms with van der Waals surface area (Å²) in [4.78, 5) is 11.4. The molecule has 0 aromatic carbocycles. The molecule has 0 saturated carbocycles. The smallest absolute Gasteiger partial charge is 0.309 e. The van der Waals surface area contributed by atoms with E-state index in [2.05, 4.69) is 22.6 Å². The van der Waals surface area contributed by atoms with Gasteiger partial charge in [-0.15, -0.1) is 0 Å². The molecule has 0 radical (unpaired) electrons. The van der Waals surface area contributed by atoms with Crippen LogP contribution >= 0.6 is 22.6 Å². The molecular formula is C9H13IO4. The maximum atomic E-state index is 11.4. The molecule has 2 saturated heterocycles. The standard InChI is InChI=1S/C9H13IO4/c1-4-6-5(3-10)13-9(12-2)7(6)14-8(4)11/h4-7,9H,3H2,1-2H3/t4-,5-,6+,7+,9-/m0/s1. The molecule has 0 unspecified atom stereocenters. The number of rotatable bonds is 2. The van der Waals surface area contributed by atoms with E-state index in [0.29, 0.717) is 0 Å². The lowest BCUT2D eigenvalue weighted by atomic mass is 9.89. The topological polar surface area (TPSA) is 44.8 Å². The minimum absolute atomic E-state index is 0.0695. The molecule has 2 rings (SSSR count). The van der Waals surface area contributed by atoms with E-state index in [9.17, 15) is 4.79 Å². The third-order valence-corrected chi connectivity index (χ3v) is 3.84. The summed E-state index contributed by atoms with van der Waals surface area (Å²) in [5, 5.41) is 0. The molecule has 0 N–H and O–H groups in total. The molecule has 0 bridgehead atoms. The predicted molar refractivity (Wildman–Crippen MR) is 57.1 cm³/mol. The van der Waals surface area contributed by atoms with E-state index >= 15 is 0 Å². The van der Waals surface area contributed by atoms with Gasteiger partial charge in [-0.25, -0.2) is 0 Å². The molecule has 0 spiro atoms. The Morgan fingerprint density at radius 3 is 2.86 bits per heavy atom. The summed E-state index contributed by atoms with van der Waals surface area (Å²) in [7, 11) is 1.58. The molecule has 0 aliphatic carbocycles. The Hall–Kier alpha value is 0.120. The van der Waals surface area contributed by atoms with Crippen LogP contribution in [0, 0.1) is 11.8 Å². The molecule has 5 heteroatoms. The molecule has 0 aromatic heterocycles. The minimum atomic E-state index is -0.381. The van der Waals surface area contributed by atoms with E-state index in [-0.39, 0.29) is 36.3 Å². The Kier molecular flexibility index (Phi) is 2.99. The number of hydrogen-bond acceptors (Lipinski definition) is 4. The molecule has 2 aliphatic rings. The maximum absolute atomic E-state index is 11.4. The van der Waals surface area contributed by atoms with Gasteiger partial charge in [-0.1, -0.05) is 29.5 Å². The first-order valence-electron chi connectivity index (χ1n) is 4.63. The molecular weight excluding hydrogens is 299 g/mol. The average Bonchev–Trinajstić information content (AvgIpc) is 2.66. The van der Waals surface area contributed by atoms with Gasteiger partial charge in [0.1, 0.15) is 0 Å².